The molecule has 2 aliphatic heterocycles. The van der Waals surface area contributed by atoms with Gasteiger partial charge in [-0.1, -0.05) is 237 Å². The molecule has 5 heteroatoms. The Morgan fingerprint density at radius 1 is 0.369 bits per heavy atom. The third-order valence-electron chi connectivity index (χ3n) is 13.4. The molecule has 0 radical (unpaired) electrons. The summed E-state index contributed by atoms with van der Waals surface area (Å²) in [6.07, 6.45) is 0. The van der Waals surface area contributed by atoms with E-state index in [-0.39, 0.29) is 43.7 Å². The second-order valence-electron chi connectivity index (χ2n) is 19.6. The molecule has 324 valence electrons. The predicted octanol–water partition coefficient (Wildman–Crippen LogP) is 10.8. The van der Waals surface area contributed by atoms with Crippen LogP contribution >= 0.6 is 0 Å². The molecule has 0 saturated carbocycles. The fraction of sp³-hybridized carbons (Fsp3) is 0.200. The van der Waals surface area contributed by atoms with Crippen LogP contribution < -0.4 is 51.0 Å². The average Bonchev–Trinajstić information content (AvgIpc) is 3.49. The summed E-state index contributed by atoms with van der Waals surface area (Å²) in [4.78, 5) is 0. The van der Waals surface area contributed by atoms with Gasteiger partial charge in [-0.25, -0.2) is 0 Å². The molecule has 0 saturated heterocycles. The lowest BCUT2D eigenvalue weighted by Crippen LogP contribution is -2.74. The summed E-state index contributed by atoms with van der Waals surface area (Å²) in [6.45, 7) is 1.14. The van der Waals surface area contributed by atoms with Gasteiger partial charge in [0.2, 0.25) is 0 Å². The molecule has 8 aromatic carbocycles. The molecule has 0 atom stereocenters. The molecule has 2 aliphatic rings. The quantitative estimate of drug-likeness (QED) is 0.122. The van der Waals surface area contributed by atoms with E-state index in [4.69, 9.17) is 25.9 Å². The first kappa shape index (κ1) is 31.0. The molecule has 0 unspecified atom stereocenters. The maximum atomic E-state index is 9.13. The van der Waals surface area contributed by atoms with Crippen LogP contribution in [0, 0.1) is 0 Å². The Labute approximate surface area is 406 Å². The van der Waals surface area contributed by atoms with Crippen LogP contribution in [0.2, 0.25) is 25.9 Å². The van der Waals surface area contributed by atoms with Gasteiger partial charge < -0.3 is 9.47 Å². The summed E-state index contributed by atoms with van der Waals surface area (Å²) < 4.78 is 123. The Hall–Kier alpha value is -5.99. The topological polar surface area (TPSA) is 18.5 Å². The van der Waals surface area contributed by atoms with Crippen LogP contribution in [0.25, 0.3) is 22.3 Å². The van der Waals surface area contributed by atoms with Crippen LogP contribution in [0.15, 0.2) is 182 Å². The van der Waals surface area contributed by atoms with Gasteiger partial charge in [-0.3, -0.25) is 0 Å². The van der Waals surface area contributed by atoms with E-state index < -0.39 is 61.0 Å². The number of benzene rings is 8. The van der Waals surface area contributed by atoms with Crippen molar-refractivity contribution in [2.24, 2.45) is 0 Å². The van der Waals surface area contributed by atoms with Crippen molar-refractivity contribution in [3.63, 3.8) is 0 Å². The molecule has 0 aliphatic carbocycles. The highest BCUT2D eigenvalue weighted by molar-refractivity contribution is 7.20. The smallest absolute Gasteiger partial charge is 0.179 e. The lowest BCUT2D eigenvalue weighted by atomic mass is 9.81. The van der Waals surface area contributed by atoms with Gasteiger partial charge in [0.1, 0.15) is 39.1 Å². The Kier molecular flexibility index (Phi) is 7.44. The molecule has 0 amide bonds. The Bertz CT molecular complexity index is 3310. The second kappa shape index (κ2) is 15.6. The van der Waals surface area contributed by atoms with E-state index in [0.29, 0.717) is 11.1 Å². The van der Waals surface area contributed by atoms with E-state index in [9.17, 15) is 0 Å². The zero-order chi connectivity index (χ0) is 55.5. The monoisotopic (exact) mass is 908 g/mol. The lowest BCUT2D eigenvalue weighted by Gasteiger charge is -2.38. The average molecular weight is 909 g/mol. The Morgan fingerprint density at radius 2 is 0.738 bits per heavy atom. The molecule has 0 bridgehead atoms. The Balaban J connectivity index is 1.32. The zero-order valence-electron chi connectivity index (χ0n) is 49.6. The van der Waals surface area contributed by atoms with Gasteiger partial charge in [0.15, 0.2) is 8.07 Å². The fourth-order valence-electron chi connectivity index (χ4n) is 10.2. The lowest BCUT2D eigenvalue weighted by molar-refractivity contribution is 0.488. The summed E-state index contributed by atoms with van der Waals surface area (Å²) >= 11 is 0. The summed E-state index contributed by atoms with van der Waals surface area (Å²) in [7, 11) is -12.9. The number of hydrogen-bond acceptors (Lipinski definition) is 2. The van der Waals surface area contributed by atoms with Crippen molar-refractivity contribution < 1.29 is 25.9 Å². The van der Waals surface area contributed by atoms with Crippen molar-refractivity contribution in [1.29, 1.82) is 0 Å². The molecule has 2 heterocycles. The molecule has 8 aromatic rings. The van der Waals surface area contributed by atoms with Crippen LogP contribution in [-0.4, -0.2) is 24.2 Å². The second-order valence-corrected chi connectivity index (χ2v) is 28.5. The first-order valence-corrected chi connectivity index (χ1v) is 28.3. The first-order valence-electron chi connectivity index (χ1n) is 28.3. The largest absolute Gasteiger partial charge is 0.457 e. The third kappa shape index (κ3) is 6.93. The van der Waals surface area contributed by atoms with Gasteiger partial charge in [-0.05, 0) is 86.7 Å². The maximum absolute atomic E-state index is 9.13. The highest BCUT2D eigenvalue weighted by Gasteiger charge is 2.45. The van der Waals surface area contributed by atoms with E-state index in [1.54, 1.807) is 72.8 Å². The molecular weight excluding hydrogens is 837 g/mol. The standard InChI is InChI=1S/C60H60O2Si3/c1-59(2,3)49-37-35-43(39-47(49)45-27-21-33-55-57(45)61-51-29-17-19-31-53(51)63(55,7)8)65(41-23-13-11-14-24-41,42-25-15-12-16-26-42)44-36-38-50(60(4,5)6)48(40-44)46-28-22-34-56-58(46)62-52-30-18-20-32-54(52)64(56,9)10/h11-40H,1-10H3/i7D3,8D3,9D3,10D3. The van der Waals surface area contributed by atoms with E-state index >= 15 is 0 Å². The third-order valence-corrected chi connectivity index (χ3v) is 23.0. The van der Waals surface area contributed by atoms with Crippen LogP contribution in [0.4, 0.5) is 0 Å². The van der Waals surface area contributed by atoms with Gasteiger partial charge in [0.05, 0.1) is 0 Å². The number of rotatable bonds is 6. The van der Waals surface area contributed by atoms with Gasteiger partial charge in [-0.2, -0.15) is 0 Å². The van der Waals surface area contributed by atoms with Crippen molar-refractivity contribution >= 4 is 65.7 Å². The van der Waals surface area contributed by atoms with Crippen molar-refractivity contribution in [2.75, 3.05) is 0 Å². The highest BCUT2D eigenvalue weighted by Crippen LogP contribution is 2.43. The Morgan fingerprint density at radius 3 is 1.12 bits per heavy atom. The molecule has 0 fully saturated rings. The molecule has 2 nitrogen and oxygen atoms in total. The number of hydrogen-bond donors (Lipinski definition) is 0. The van der Waals surface area contributed by atoms with Crippen molar-refractivity contribution in [3.05, 3.63) is 193 Å². The minimum Gasteiger partial charge on any atom is -0.457 e. The zero-order valence-corrected chi connectivity index (χ0v) is 40.6. The van der Waals surface area contributed by atoms with E-state index in [2.05, 4.69) is 102 Å². The summed E-state index contributed by atoms with van der Waals surface area (Å²) in [5.41, 5.74) is 3.58. The molecular formula is C60H60O2Si3. The highest BCUT2D eigenvalue weighted by atomic mass is 28.3. The molecule has 10 rings (SSSR count). The summed E-state index contributed by atoms with van der Waals surface area (Å²) in [5.74, 6) is 0.884. The van der Waals surface area contributed by atoms with E-state index in [1.165, 1.54) is 0 Å². The number of ether oxygens (including phenoxy) is 2. The van der Waals surface area contributed by atoms with Gasteiger partial charge in [0.25, 0.3) is 0 Å². The van der Waals surface area contributed by atoms with Crippen molar-refractivity contribution in [3.8, 4) is 45.3 Å². The van der Waals surface area contributed by atoms with Crippen LogP contribution in [0.1, 0.15) is 69.1 Å². The number of para-hydroxylation sites is 4. The molecule has 65 heavy (non-hydrogen) atoms. The minimum absolute atomic E-state index is 0.191. The van der Waals surface area contributed by atoms with Gasteiger partial charge in [-0.15, -0.1) is 0 Å². The molecule has 0 N–H and O–H groups in total. The summed E-state index contributed by atoms with van der Waals surface area (Å²) in [6, 6.07) is 57.8. The normalized spacial score (nSPS) is 18.3. The number of fused-ring (bicyclic) bond motifs is 4. The molecule has 0 aromatic heterocycles. The van der Waals surface area contributed by atoms with Crippen molar-refractivity contribution in [2.45, 2.75) is 78.3 Å². The van der Waals surface area contributed by atoms with E-state index in [0.717, 1.165) is 43.0 Å². The van der Waals surface area contributed by atoms with Gasteiger partial charge in [0, 0.05) is 27.6 Å². The molecule has 0 spiro atoms. The van der Waals surface area contributed by atoms with Crippen molar-refractivity contribution in [1.82, 2.24) is 0 Å². The fourth-order valence-corrected chi connectivity index (χ4v) is 19.0. The van der Waals surface area contributed by atoms with Gasteiger partial charge >= 0.3 is 0 Å². The maximum Gasteiger partial charge on any atom is 0.179 e. The predicted molar refractivity (Wildman–Crippen MR) is 285 cm³/mol. The first-order chi connectivity index (χ1) is 36.0. The minimum atomic E-state index is -4.67. The van der Waals surface area contributed by atoms with Crippen LogP contribution in [-0.2, 0) is 10.8 Å². The van der Waals surface area contributed by atoms with E-state index in [1.807, 2.05) is 48.5 Å². The summed E-state index contributed by atoms with van der Waals surface area (Å²) in [5, 5.41) is 4.82. The SMILES string of the molecule is [2H]C([2H])([2H])[Si]1(C([2H])([2H])[2H])c2ccccc2Oc2c(-c3cc([Si](c4ccccc4)(c4ccccc4)c4ccc(C(C)(C)C)c(-c5cccc6c5Oc5ccccc5[Si]6(C([2H])([2H])[2H])C([2H])([2H])[2H])c4)ccc3C(C)(C)C)cccc21. The van der Waals surface area contributed by atoms with Crippen LogP contribution in [0.3, 0.4) is 0 Å². The van der Waals surface area contributed by atoms with Crippen LogP contribution in [0.5, 0.6) is 23.0 Å².